The molecule has 0 aromatic carbocycles. The predicted molar refractivity (Wildman–Crippen MR) is 56.3 cm³/mol. The summed E-state index contributed by atoms with van der Waals surface area (Å²) in [6.45, 7) is 0. The Hall–Kier alpha value is 0.140. The average Bonchev–Trinajstić information content (AvgIpc) is 2.72. The van der Waals surface area contributed by atoms with Gasteiger partial charge in [0.05, 0.1) is 3.79 Å². The summed E-state index contributed by atoms with van der Waals surface area (Å²) in [5.74, 6) is 0.915. The van der Waals surface area contributed by atoms with Crippen LogP contribution in [0.15, 0.2) is 15.2 Å². The summed E-state index contributed by atoms with van der Waals surface area (Å²) in [7, 11) is 0. The maximum absolute atomic E-state index is 6.04. The molecule has 1 nitrogen and oxygen atoms in total. The lowest BCUT2D eigenvalue weighted by molar-refractivity contribution is 0.598. The topological polar surface area (TPSA) is 26.0 Å². The van der Waals surface area contributed by atoms with Gasteiger partial charge in [0.2, 0.25) is 0 Å². The highest BCUT2D eigenvalue weighted by Crippen LogP contribution is 2.37. The summed E-state index contributed by atoms with van der Waals surface area (Å²) in [5, 5.41) is 2.15. The molecule has 0 aliphatic heterocycles. The lowest BCUT2D eigenvalue weighted by Crippen LogP contribution is -2.09. The molecule has 66 valence electrons. The third-order valence-electron chi connectivity index (χ3n) is 2.30. The molecule has 0 bridgehead atoms. The summed E-state index contributed by atoms with van der Waals surface area (Å²) < 4.78 is 1.18. The average molecular weight is 246 g/mol. The molecule has 1 heterocycles. The van der Waals surface area contributed by atoms with Crippen molar-refractivity contribution in [1.29, 1.82) is 0 Å². The first kappa shape index (κ1) is 8.73. The molecule has 0 radical (unpaired) electrons. The number of rotatable bonds is 3. The van der Waals surface area contributed by atoms with Crippen molar-refractivity contribution in [2.45, 2.75) is 25.3 Å². The fourth-order valence-corrected chi connectivity index (χ4v) is 2.61. The van der Waals surface area contributed by atoms with Gasteiger partial charge in [-0.05, 0) is 45.3 Å². The number of nitrogens with two attached hydrogens (primary N) is 1. The standard InChI is InChI=1S/C9H12BrNS/c10-9-4-7(5-12-9)8(11)3-6-1-2-6/h4-6,8H,1-3,11H2. The van der Waals surface area contributed by atoms with Crippen molar-refractivity contribution in [1.82, 2.24) is 0 Å². The van der Waals surface area contributed by atoms with Gasteiger partial charge in [-0.3, -0.25) is 0 Å². The first-order valence-corrected chi connectivity index (χ1v) is 5.92. The van der Waals surface area contributed by atoms with Crippen LogP contribution < -0.4 is 5.73 Å². The first-order valence-electron chi connectivity index (χ1n) is 4.25. The molecular weight excluding hydrogens is 234 g/mol. The second-order valence-corrected chi connectivity index (χ2v) is 5.76. The van der Waals surface area contributed by atoms with Crippen molar-refractivity contribution in [2.75, 3.05) is 0 Å². The lowest BCUT2D eigenvalue weighted by Gasteiger charge is -2.07. The Morgan fingerprint density at radius 3 is 2.92 bits per heavy atom. The predicted octanol–water partition coefficient (Wildman–Crippen LogP) is 3.31. The number of thiophene rings is 1. The summed E-state index contributed by atoms with van der Waals surface area (Å²) in [6.07, 6.45) is 3.95. The van der Waals surface area contributed by atoms with Gasteiger partial charge in [-0.25, -0.2) is 0 Å². The number of hydrogen-bond donors (Lipinski definition) is 1. The molecule has 12 heavy (non-hydrogen) atoms. The molecule has 0 spiro atoms. The molecule has 1 aliphatic rings. The SMILES string of the molecule is NC(CC1CC1)c1csc(Br)c1. The van der Waals surface area contributed by atoms with E-state index < -0.39 is 0 Å². The summed E-state index contributed by atoms with van der Waals surface area (Å²) >= 11 is 5.16. The van der Waals surface area contributed by atoms with E-state index in [1.54, 1.807) is 11.3 Å². The Bertz CT molecular complexity index is 267. The number of hydrogen-bond acceptors (Lipinski definition) is 2. The monoisotopic (exact) mass is 245 g/mol. The van der Waals surface area contributed by atoms with E-state index in [0.29, 0.717) is 0 Å². The molecule has 0 amide bonds. The molecule has 1 aromatic rings. The second kappa shape index (κ2) is 3.48. The highest BCUT2D eigenvalue weighted by molar-refractivity contribution is 9.11. The Balaban J connectivity index is 1.97. The zero-order valence-electron chi connectivity index (χ0n) is 6.79. The van der Waals surface area contributed by atoms with E-state index in [4.69, 9.17) is 5.73 Å². The molecule has 1 fully saturated rings. The van der Waals surface area contributed by atoms with Crippen LogP contribution >= 0.6 is 27.3 Å². The van der Waals surface area contributed by atoms with E-state index >= 15 is 0 Å². The minimum absolute atomic E-state index is 0.264. The van der Waals surface area contributed by atoms with Crippen molar-refractivity contribution >= 4 is 27.3 Å². The van der Waals surface area contributed by atoms with Crippen LogP contribution in [0.25, 0.3) is 0 Å². The highest BCUT2D eigenvalue weighted by atomic mass is 79.9. The molecule has 1 aromatic heterocycles. The largest absolute Gasteiger partial charge is 0.324 e. The third kappa shape index (κ3) is 2.09. The maximum atomic E-state index is 6.04. The molecule has 2 rings (SSSR count). The van der Waals surface area contributed by atoms with Crippen LogP contribution in [0, 0.1) is 5.92 Å². The van der Waals surface area contributed by atoms with Crippen LogP contribution in [-0.2, 0) is 0 Å². The third-order valence-corrected chi connectivity index (χ3v) is 3.82. The van der Waals surface area contributed by atoms with E-state index in [1.807, 2.05) is 0 Å². The van der Waals surface area contributed by atoms with Crippen LogP contribution in [0.3, 0.4) is 0 Å². The zero-order valence-corrected chi connectivity index (χ0v) is 9.20. The van der Waals surface area contributed by atoms with E-state index in [1.165, 1.54) is 28.6 Å². The van der Waals surface area contributed by atoms with Gasteiger partial charge in [0.1, 0.15) is 0 Å². The van der Waals surface area contributed by atoms with Crippen LogP contribution in [0.2, 0.25) is 0 Å². The summed E-state index contributed by atoms with van der Waals surface area (Å²) in [4.78, 5) is 0. The molecule has 1 unspecified atom stereocenters. The van der Waals surface area contributed by atoms with Crippen molar-refractivity contribution in [3.8, 4) is 0 Å². The summed E-state index contributed by atoms with van der Waals surface area (Å²) in [6, 6.07) is 2.40. The van der Waals surface area contributed by atoms with Gasteiger partial charge < -0.3 is 5.73 Å². The van der Waals surface area contributed by atoms with Gasteiger partial charge in [0, 0.05) is 6.04 Å². The van der Waals surface area contributed by atoms with Gasteiger partial charge in [0.15, 0.2) is 0 Å². The molecular formula is C9H12BrNS. The van der Waals surface area contributed by atoms with Crippen LogP contribution in [0.1, 0.15) is 30.9 Å². The van der Waals surface area contributed by atoms with E-state index in [-0.39, 0.29) is 6.04 Å². The molecule has 1 atom stereocenters. The van der Waals surface area contributed by atoms with Crippen LogP contribution in [0.4, 0.5) is 0 Å². The van der Waals surface area contributed by atoms with Gasteiger partial charge >= 0.3 is 0 Å². The smallest absolute Gasteiger partial charge is 0.0701 e. The molecule has 3 heteroatoms. The van der Waals surface area contributed by atoms with Gasteiger partial charge in [-0.15, -0.1) is 11.3 Å². The second-order valence-electron chi connectivity index (χ2n) is 3.47. The summed E-state index contributed by atoms with van der Waals surface area (Å²) in [5.41, 5.74) is 7.33. The van der Waals surface area contributed by atoms with E-state index in [0.717, 1.165) is 5.92 Å². The lowest BCUT2D eigenvalue weighted by atomic mass is 10.1. The molecule has 0 saturated heterocycles. The van der Waals surface area contributed by atoms with Crippen molar-refractivity contribution in [3.05, 3.63) is 20.8 Å². The van der Waals surface area contributed by atoms with Crippen molar-refractivity contribution in [2.24, 2.45) is 11.7 Å². The minimum Gasteiger partial charge on any atom is -0.324 e. The molecule has 2 N–H and O–H groups in total. The Morgan fingerprint density at radius 1 is 1.67 bits per heavy atom. The molecule has 1 saturated carbocycles. The quantitative estimate of drug-likeness (QED) is 0.869. The fourth-order valence-electron chi connectivity index (χ4n) is 1.37. The fraction of sp³-hybridized carbons (Fsp3) is 0.556. The Morgan fingerprint density at radius 2 is 2.42 bits per heavy atom. The van der Waals surface area contributed by atoms with Gasteiger partial charge in [-0.2, -0.15) is 0 Å². The first-order chi connectivity index (χ1) is 5.75. The van der Waals surface area contributed by atoms with E-state index in [2.05, 4.69) is 27.4 Å². The van der Waals surface area contributed by atoms with Crippen LogP contribution in [-0.4, -0.2) is 0 Å². The minimum atomic E-state index is 0.264. The van der Waals surface area contributed by atoms with Gasteiger partial charge in [-0.1, -0.05) is 12.8 Å². The van der Waals surface area contributed by atoms with Crippen LogP contribution in [0.5, 0.6) is 0 Å². The Kier molecular flexibility index (Phi) is 2.53. The van der Waals surface area contributed by atoms with Gasteiger partial charge in [0.25, 0.3) is 0 Å². The Labute approximate surface area is 85.1 Å². The highest BCUT2D eigenvalue weighted by Gasteiger charge is 2.24. The zero-order chi connectivity index (χ0) is 8.55. The normalized spacial score (nSPS) is 19.5. The van der Waals surface area contributed by atoms with E-state index in [9.17, 15) is 0 Å². The molecule has 1 aliphatic carbocycles. The number of halogens is 1. The van der Waals surface area contributed by atoms with Crippen molar-refractivity contribution in [3.63, 3.8) is 0 Å². The van der Waals surface area contributed by atoms with Crippen molar-refractivity contribution < 1.29 is 0 Å². The maximum Gasteiger partial charge on any atom is 0.0701 e.